The Morgan fingerprint density at radius 2 is 1.87 bits per heavy atom. The summed E-state index contributed by atoms with van der Waals surface area (Å²) in [5.74, 6) is -0.323. The van der Waals surface area contributed by atoms with Crippen LogP contribution in [0, 0.1) is 6.92 Å². The highest BCUT2D eigenvalue weighted by atomic mass is 16.6. The second-order valence-corrected chi connectivity index (χ2v) is 6.89. The molecule has 1 aromatic carbocycles. The van der Waals surface area contributed by atoms with E-state index >= 15 is 0 Å². The standard InChI is InChI=1S/C17H24N2O4/c1-11-5-7-12(8-6-11)18-15(21)14-9-13(20)10-19(14)16(22)23-17(2,3)4/h5-8,13-14,20H,9-10H2,1-4H3,(H,18,21)/t13-,14+/m1/s1. The third kappa shape index (κ3) is 4.69. The first kappa shape index (κ1) is 17.3. The van der Waals surface area contributed by atoms with E-state index in [0.717, 1.165) is 5.56 Å². The average molecular weight is 320 g/mol. The molecular formula is C17H24N2O4. The number of aliphatic hydroxyl groups excluding tert-OH is 1. The Hall–Kier alpha value is -2.08. The van der Waals surface area contributed by atoms with Gasteiger partial charge in [-0.2, -0.15) is 0 Å². The van der Waals surface area contributed by atoms with Crippen LogP contribution in [0.15, 0.2) is 24.3 Å². The number of rotatable bonds is 2. The first-order valence-electron chi connectivity index (χ1n) is 7.71. The number of aliphatic hydroxyl groups is 1. The summed E-state index contributed by atoms with van der Waals surface area (Å²) in [5.41, 5.74) is 1.10. The van der Waals surface area contributed by atoms with Crippen molar-refractivity contribution in [3.63, 3.8) is 0 Å². The minimum atomic E-state index is -0.735. The SMILES string of the molecule is Cc1ccc(NC(=O)[C@@H]2C[C@@H](O)CN2C(=O)OC(C)(C)C)cc1. The van der Waals surface area contributed by atoms with Gasteiger partial charge in [0, 0.05) is 12.1 Å². The monoisotopic (exact) mass is 320 g/mol. The summed E-state index contributed by atoms with van der Waals surface area (Å²) in [5, 5.41) is 12.6. The lowest BCUT2D eigenvalue weighted by Gasteiger charge is -2.27. The lowest BCUT2D eigenvalue weighted by Crippen LogP contribution is -2.45. The number of aryl methyl sites for hydroxylation is 1. The van der Waals surface area contributed by atoms with Gasteiger partial charge in [0.25, 0.3) is 0 Å². The van der Waals surface area contributed by atoms with Crippen molar-refractivity contribution in [2.45, 2.75) is 51.9 Å². The maximum absolute atomic E-state index is 12.5. The molecule has 6 heteroatoms. The molecule has 0 unspecified atom stereocenters. The van der Waals surface area contributed by atoms with Gasteiger partial charge in [0.15, 0.2) is 0 Å². The zero-order valence-electron chi connectivity index (χ0n) is 14.0. The minimum Gasteiger partial charge on any atom is -0.444 e. The number of amides is 2. The van der Waals surface area contributed by atoms with Crippen molar-refractivity contribution >= 4 is 17.7 Å². The summed E-state index contributed by atoms with van der Waals surface area (Å²) in [6, 6.07) is 6.66. The quantitative estimate of drug-likeness (QED) is 0.876. The maximum atomic E-state index is 12.5. The topological polar surface area (TPSA) is 78.9 Å². The summed E-state index contributed by atoms with van der Waals surface area (Å²) >= 11 is 0. The van der Waals surface area contributed by atoms with Crippen molar-refractivity contribution < 1.29 is 19.4 Å². The number of likely N-dealkylation sites (tertiary alicyclic amines) is 1. The molecule has 1 fully saturated rings. The summed E-state index contributed by atoms with van der Waals surface area (Å²) in [6.45, 7) is 7.35. The van der Waals surface area contributed by atoms with Crippen LogP contribution < -0.4 is 5.32 Å². The highest BCUT2D eigenvalue weighted by Gasteiger charge is 2.40. The lowest BCUT2D eigenvalue weighted by molar-refractivity contribution is -0.120. The minimum absolute atomic E-state index is 0.0981. The number of anilines is 1. The number of hydrogen-bond acceptors (Lipinski definition) is 4. The molecule has 0 aliphatic carbocycles. The third-order valence-corrected chi connectivity index (χ3v) is 3.53. The molecule has 1 aromatic rings. The van der Waals surface area contributed by atoms with Crippen LogP contribution in [0.1, 0.15) is 32.8 Å². The number of hydrogen-bond donors (Lipinski definition) is 2. The Bertz CT molecular complexity index is 577. The van der Waals surface area contributed by atoms with Crippen LogP contribution >= 0.6 is 0 Å². The van der Waals surface area contributed by atoms with E-state index in [4.69, 9.17) is 4.74 Å². The van der Waals surface area contributed by atoms with Crippen molar-refractivity contribution in [3.05, 3.63) is 29.8 Å². The Labute approximate surface area is 136 Å². The number of carbonyl (C=O) groups is 2. The fourth-order valence-corrected chi connectivity index (χ4v) is 2.45. The molecule has 6 nitrogen and oxygen atoms in total. The molecule has 0 spiro atoms. The van der Waals surface area contributed by atoms with Gasteiger partial charge in [-0.15, -0.1) is 0 Å². The zero-order chi connectivity index (χ0) is 17.2. The van der Waals surface area contributed by atoms with Gasteiger partial charge in [0.05, 0.1) is 12.6 Å². The Morgan fingerprint density at radius 1 is 1.26 bits per heavy atom. The molecule has 2 N–H and O–H groups in total. The van der Waals surface area contributed by atoms with Gasteiger partial charge >= 0.3 is 6.09 Å². The number of ether oxygens (including phenoxy) is 1. The second-order valence-electron chi connectivity index (χ2n) is 6.89. The van der Waals surface area contributed by atoms with Gasteiger partial charge in [0.1, 0.15) is 11.6 Å². The van der Waals surface area contributed by atoms with E-state index in [1.54, 1.807) is 32.9 Å². The van der Waals surface area contributed by atoms with E-state index in [9.17, 15) is 14.7 Å². The molecule has 126 valence electrons. The summed E-state index contributed by atoms with van der Waals surface area (Å²) in [7, 11) is 0. The molecule has 1 aliphatic heterocycles. The lowest BCUT2D eigenvalue weighted by atomic mass is 10.1. The number of carbonyl (C=O) groups excluding carboxylic acids is 2. The largest absolute Gasteiger partial charge is 0.444 e. The van der Waals surface area contributed by atoms with Crippen LogP contribution in [0.4, 0.5) is 10.5 Å². The number of β-amino-alcohol motifs (C(OH)–C–C–N with tert-alkyl or cyclic N) is 1. The number of benzene rings is 1. The van der Waals surface area contributed by atoms with Gasteiger partial charge in [-0.1, -0.05) is 17.7 Å². The van der Waals surface area contributed by atoms with Gasteiger partial charge < -0.3 is 15.2 Å². The van der Waals surface area contributed by atoms with Gasteiger partial charge in [-0.3, -0.25) is 9.69 Å². The van der Waals surface area contributed by atoms with E-state index in [2.05, 4.69) is 5.32 Å². The normalized spacial score (nSPS) is 21.2. The van der Waals surface area contributed by atoms with Crippen LogP contribution in [-0.2, 0) is 9.53 Å². The molecule has 2 atom stereocenters. The fourth-order valence-electron chi connectivity index (χ4n) is 2.45. The van der Waals surface area contributed by atoms with Gasteiger partial charge in [0.2, 0.25) is 5.91 Å². The Kier molecular flexibility index (Phi) is 4.94. The average Bonchev–Trinajstić information content (AvgIpc) is 2.82. The molecule has 0 radical (unpaired) electrons. The third-order valence-electron chi connectivity index (χ3n) is 3.53. The van der Waals surface area contributed by atoms with E-state index in [1.807, 2.05) is 19.1 Å². The van der Waals surface area contributed by atoms with E-state index in [0.29, 0.717) is 5.69 Å². The molecule has 2 rings (SSSR count). The number of nitrogens with zero attached hydrogens (tertiary/aromatic N) is 1. The summed E-state index contributed by atoms with van der Waals surface area (Å²) < 4.78 is 5.31. The van der Waals surface area contributed by atoms with Crippen LogP contribution in [0.25, 0.3) is 0 Å². The molecule has 0 saturated carbocycles. The van der Waals surface area contributed by atoms with Crippen molar-refractivity contribution in [2.75, 3.05) is 11.9 Å². The molecule has 1 aliphatic rings. The Balaban J connectivity index is 2.07. The molecule has 1 saturated heterocycles. The van der Waals surface area contributed by atoms with Crippen molar-refractivity contribution in [2.24, 2.45) is 0 Å². The first-order chi connectivity index (χ1) is 10.7. The fraction of sp³-hybridized carbons (Fsp3) is 0.529. The highest BCUT2D eigenvalue weighted by molar-refractivity contribution is 5.97. The predicted molar refractivity (Wildman–Crippen MR) is 87.2 cm³/mol. The van der Waals surface area contributed by atoms with Gasteiger partial charge in [-0.25, -0.2) is 4.79 Å². The van der Waals surface area contributed by atoms with Crippen molar-refractivity contribution in [3.8, 4) is 0 Å². The van der Waals surface area contributed by atoms with Gasteiger partial charge in [-0.05, 0) is 39.8 Å². The molecule has 0 aromatic heterocycles. The smallest absolute Gasteiger partial charge is 0.411 e. The highest BCUT2D eigenvalue weighted by Crippen LogP contribution is 2.23. The van der Waals surface area contributed by atoms with E-state index < -0.39 is 23.8 Å². The van der Waals surface area contributed by atoms with E-state index in [1.165, 1.54) is 4.90 Å². The molecule has 2 amide bonds. The summed E-state index contributed by atoms with van der Waals surface area (Å²) in [6.07, 6.45) is -1.11. The predicted octanol–water partition coefficient (Wildman–Crippen LogP) is 2.30. The molecular weight excluding hydrogens is 296 g/mol. The zero-order valence-corrected chi connectivity index (χ0v) is 14.0. The number of nitrogens with one attached hydrogen (secondary N) is 1. The van der Waals surface area contributed by atoms with Crippen LogP contribution in [-0.4, -0.2) is 46.3 Å². The van der Waals surface area contributed by atoms with Crippen LogP contribution in [0.3, 0.4) is 0 Å². The van der Waals surface area contributed by atoms with Crippen LogP contribution in [0.2, 0.25) is 0 Å². The summed E-state index contributed by atoms with van der Waals surface area (Å²) in [4.78, 5) is 26.0. The van der Waals surface area contributed by atoms with E-state index in [-0.39, 0.29) is 18.9 Å². The van der Waals surface area contributed by atoms with Crippen molar-refractivity contribution in [1.82, 2.24) is 4.90 Å². The molecule has 1 heterocycles. The molecule has 23 heavy (non-hydrogen) atoms. The van der Waals surface area contributed by atoms with Crippen molar-refractivity contribution in [1.29, 1.82) is 0 Å². The Morgan fingerprint density at radius 3 is 2.43 bits per heavy atom. The first-order valence-corrected chi connectivity index (χ1v) is 7.71. The molecule has 0 bridgehead atoms. The maximum Gasteiger partial charge on any atom is 0.411 e. The second kappa shape index (κ2) is 6.58. The van der Waals surface area contributed by atoms with Crippen LogP contribution in [0.5, 0.6) is 0 Å².